The Balaban J connectivity index is 1.51. The zero-order valence-electron chi connectivity index (χ0n) is 13.6. The number of aromatic nitrogens is 1. The van der Waals surface area contributed by atoms with Crippen molar-refractivity contribution in [3.8, 4) is 0 Å². The molecule has 0 spiro atoms. The maximum atomic E-state index is 12.7. The van der Waals surface area contributed by atoms with Crippen LogP contribution in [-0.4, -0.2) is 66.0 Å². The smallest absolute Gasteiger partial charge is 0.239 e. The number of carbonyl (C=O) groups is 1. The maximum Gasteiger partial charge on any atom is 0.239 e. The summed E-state index contributed by atoms with van der Waals surface area (Å²) in [6, 6.07) is 0.00634. The van der Waals surface area contributed by atoms with Gasteiger partial charge in [0, 0.05) is 50.8 Å². The number of thiazole rings is 1. The van der Waals surface area contributed by atoms with E-state index in [1.54, 1.807) is 11.3 Å². The van der Waals surface area contributed by atoms with Gasteiger partial charge >= 0.3 is 0 Å². The Morgan fingerprint density at radius 2 is 1.91 bits per heavy atom. The summed E-state index contributed by atoms with van der Waals surface area (Å²) >= 11 is 1.69. The lowest BCUT2D eigenvalue weighted by Gasteiger charge is -2.40. The normalized spacial score (nSPS) is 22.8. The molecule has 2 fully saturated rings. The summed E-state index contributed by atoms with van der Waals surface area (Å²) in [6.07, 6.45) is 4.16. The second-order valence-electron chi connectivity index (χ2n) is 6.52. The van der Waals surface area contributed by atoms with Crippen LogP contribution in [0.5, 0.6) is 0 Å². The molecule has 5 nitrogen and oxygen atoms in total. The van der Waals surface area contributed by atoms with Crippen molar-refractivity contribution < 1.29 is 4.79 Å². The minimum Gasteiger partial charge on any atom is -0.346 e. The van der Waals surface area contributed by atoms with Gasteiger partial charge in [-0.15, -0.1) is 11.3 Å². The van der Waals surface area contributed by atoms with Crippen LogP contribution in [-0.2, 0) is 4.79 Å². The second-order valence-corrected chi connectivity index (χ2v) is 7.39. The van der Waals surface area contributed by atoms with E-state index in [-0.39, 0.29) is 6.04 Å². The molecule has 3 heterocycles. The zero-order chi connectivity index (χ0) is 15.5. The van der Waals surface area contributed by atoms with Gasteiger partial charge in [0.25, 0.3) is 0 Å². The van der Waals surface area contributed by atoms with Crippen LogP contribution < -0.4 is 4.90 Å². The largest absolute Gasteiger partial charge is 0.346 e. The first-order valence-corrected chi connectivity index (χ1v) is 9.20. The van der Waals surface area contributed by atoms with E-state index in [1.807, 2.05) is 11.6 Å². The molecule has 1 atom stereocenters. The van der Waals surface area contributed by atoms with Gasteiger partial charge in [0.1, 0.15) is 0 Å². The van der Waals surface area contributed by atoms with Crippen molar-refractivity contribution in [3.63, 3.8) is 0 Å². The lowest BCUT2D eigenvalue weighted by molar-refractivity contribution is -0.137. The first-order chi connectivity index (χ1) is 10.6. The number of amides is 1. The molecule has 1 aromatic rings. The van der Waals surface area contributed by atoms with Gasteiger partial charge in [0.2, 0.25) is 5.91 Å². The van der Waals surface area contributed by atoms with Gasteiger partial charge in [-0.05, 0) is 25.7 Å². The van der Waals surface area contributed by atoms with Gasteiger partial charge in [-0.25, -0.2) is 4.98 Å². The quantitative estimate of drug-likeness (QED) is 0.852. The molecule has 0 radical (unpaired) electrons. The lowest BCUT2D eigenvalue weighted by atomic mass is 9.98. The van der Waals surface area contributed by atoms with Crippen LogP contribution >= 0.6 is 11.3 Å². The Kier molecular flexibility index (Phi) is 4.98. The van der Waals surface area contributed by atoms with Crippen LogP contribution in [0.1, 0.15) is 26.7 Å². The Labute approximate surface area is 136 Å². The van der Waals surface area contributed by atoms with Crippen LogP contribution in [0.15, 0.2) is 11.6 Å². The molecule has 0 aromatic carbocycles. The summed E-state index contributed by atoms with van der Waals surface area (Å²) in [7, 11) is 0. The van der Waals surface area contributed by atoms with Crippen molar-refractivity contribution in [2.75, 3.05) is 44.2 Å². The number of anilines is 1. The Morgan fingerprint density at radius 3 is 2.50 bits per heavy atom. The minimum atomic E-state index is 0.00634. The Bertz CT molecular complexity index is 476. The molecule has 3 rings (SSSR count). The third-order valence-electron chi connectivity index (χ3n) is 5.00. The van der Waals surface area contributed by atoms with Crippen molar-refractivity contribution in [2.45, 2.75) is 32.7 Å². The highest BCUT2D eigenvalue weighted by Gasteiger charge is 2.30. The summed E-state index contributed by atoms with van der Waals surface area (Å²) in [6.45, 7) is 10.0. The van der Waals surface area contributed by atoms with E-state index in [9.17, 15) is 4.79 Å². The number of likely N-dealkylation sites (tertiary alicyclic amines) is 1. The Morgan fingerprint density at radius 1 is 1.23 bits per heavy atom. The minimum absolute atomic E-state index is 0.00634. The van der Waals surface area contributed by atoms with Gasteiger partial charge in [-0.3, -0.25) is 9.69 Å². The monoisotopic (exact) mass is 322 g/mol. The zero-order valence-corrected chi connectivity index (χ0v) is 14.4. The van der Waals surface area contributed by atoms with E-state index < -0.39 is 0 Å². The fourth-order valence-electron chi connectivity index (χ4n) is 3.32. The van der Waals surface area contributed by atoms with Crippen molar-refractivity contribution in [1.29, 1.82) is 0 Å². The molecular formula is C16H26N4OS. The maximum absolute atomic E-state index is 12.7. The highest BCUT2D eigenvalue weighted by molar-refractivity contribution is 7.13. The molecule has 0 unspecified atom stereocenters. The lowest BCUT2D eigenvalue weighted by Crippen LogP contribution is -2.55. The van der Waals surface area contributed by atoms with E-state index in [0.717, 1.165) is 63.2 Å². The first-order valence-electron chi connectivity index (χ1n) is 8.32. The van der Waals surface area contributed by atoms with E-state index in [1.165, 1.54) is 0 Å². The predicted octanol–water partition coefficient (Wildman–Crippen LogP) is 1.91. The fourth-order valence-corrected chi connectivity index (χ4v) is 4.02. The van der Waals surface area contributed by atoms with Crippen LogP contribution in [0.3, 0.4) is 0 Å². The van der Waals surface area contributed by atoms with Crippen molar-refractivity contribution in [2.24, 2.45) is 5.92 Å². The Hall–Kier alpha value is -1.14. The summed E-state index contributed by atoms with van der Waals surface area (Å²) in [5.74, 6) is 1.08. The second kappa shape index (κ2) is 6.96. The summed E-state index contributed by atoms with van der Waals surface area (Å²) in [5.41, 5.74) is 0. The SMILES string of the molecule is CC1CCN(C(=O)[C@@H](C)N2CCN(c3nccs3)CC2)CC1. The predicted molar refractivity (Wildman–Crippen MR) is 90.3 cm³/mol. The highest BCUT2D eigenvalue weighted by atomic mass is 32.1. The highest BCUT2D eigenvalue weighted by Crippen LogP contribution is 2.21. The first kappa shape index (κ1) is 15.7. The van der Waals surface area contributed by atoms with Gasteiger partial charge in [-0.2, -0.15) is 0 Å². The number of piperidine rings is 1. The topological polar surface area (TPSA) is 39.7 Å². The molecule has 2 saturated heterocycles. The standard InChI is InChI=1S/C16H26N4OS/c1-13-3-6-19(7-4-13)15(21)14(2)18-8-10-20(11-9-18)16-17-5-12-22-16/h5,12-14H,3-4,6-11H2,1-2H3/t14-/m1/s1. The molecular weight excluding hydrogens is 296 g/mol. The number of nitrogens with zero attached hydrogens (tertiary/aromatic N) is 4. The van der Waals surface area contributed by atoms with Gasteiger partial charge < -0.3 is 9.80 Å². The third-order valence-corrected chi connectivity index (χ3v) is 5.84. The number of hydrogen-bond donors (Lipinski definition) is 0. The van der Waals surface area contributed by atoms with Gasteiger partial charge in [0.05, 0.1) is 6.04 Å². The molecule has 0 aliphatic carbocycles. The van der Waals surface area contributed by atoms with Crippen LogP contribution in [0.4, 0.5) is 5.13 Å². The van der Waals surface area contributed by atoms with Crippen molar-refractivity contribution in [3.05, 3.63) is 11.6 Å². The molecule has 6 heteroatoms. The van der Waals surface area contributed by atoms with Crippen LogP contribution in [0, 0.1) is 5.92 Å². The average Bonchev–Trinajstić information content (AvgIpc) is 3.09. The number of hydrogen-bond acceptors (Lipinski definition) is 5. The van der Waals surface area contributed by atoms with Gasteiger partial charge in [0.15, 0.2) is 5.13 Å². The molecule has 2 aliphatic rings. The molecule has 0 N–H and O–H groups in total. The molecule has 0 saturated carbocycles. The fraction of sp³-hybridized carbons (Fsp3) is 0.750. The number of carbonyl (C=O) groups excluding carboxylic acids is 1. The van der Waals surface area contributed by atoms with E-state index in [0.29, 0.717) is 5.91 Å². The number of rotatable bonds is 3. The molecule has 0 bridgehead atoms. The van der Waals surface area contributed by atoms with Crippen molar-refractivity contribution >= 4 is 22.4 Å². The summed E-state index contributed by atoms with van der Waals surface area (Å²) in [4.78, 5) is 23.8. The molecule has 1 amide bonds. The summed E-state index contributed by atoms with van der Waals surface area (Å²) < 4.78 is 0. The molecule has 2 aliphatic heterocycles. The molecule has 1 aromatic heterocycles. The average molecular weight is 322 g/mol. The van der Waals surface area contributed by atoms with Crippen molar-refractivity contribution in [1.82, 2.24) is 14.8 Å². The van der Waals surface area contributed by atoms with E-state index in [2.05, 4.69) is 33.5 Å². The third kappa shape index (κ3) is 3.43. The van der Waals surface area contributed by atoms with E-state index >= 15 is 0 Å². The van der Waals surface area contributed by atoms with Gasteiger partial charge in [-0.1, -0.05) is 6.92 Å². The molecule has 22 heavy (non-hydrogen) atoms. The number of piperazine rings is 1. The summed E-state index contributed by atoms with van der Waals surface area (Å²) in [5, 5.41) is 3.12. The van der Waals surface area contributed by atoms with Crippen LogP contribution in [0.2, 0.25) is 0 Å². The molecule has 122 valence electrons. The van der Waals surface area contributed by atoms with Crippen LogP contribution in [0.25, 0.3) is 0 Å². The van der Waals surface area contributed by atoms with E-state index in [4.69, 9.17) is 0 Å².